The maximum Gasteiger partial charge on any atom is 0.143 e. The summed E-state index contributed by atoms with van der Waals surface area (Å²) in [5.74, 6) is 0. The zero-order valence-electron chi connectivity index (χ0n) is 35.5. The Morgan fingerprint density at radius 1 is 0.349 bits per heavy atom. The molecule has 0 aliphatic rings. The van der Waals surface area contributed by atoms with Gasteiger partial charge in [0.05, 0.1) is 22.1 Å². The van der Waals surface area contributed by atoms with Gasteiger partial charge in [-0.05, 0) is 101 Å². The Morgan fingerprint density at radius 3 is 1.46 bits per heavy atom. The fourth-order valence-electron chi connectivity index (χ4n) is 9.10. The first-order chi connectivity index (χ1) is 31.2. The van der Waals surface area contributed by atoms with Gasteiger partial charge in [-0.2, -0.15) is 0 Å². The van der Waals surface area contributed by atoms with Crippen LogP contribution in [0.5, 0.6) is 0 Å². The van der Waals surface area contributed by atoms with E-state index in [4.69, 9.17) is 4.42 Å². The quantitative estimate of drug-likeness (QED) is 0.153. The molecule has 0 fully saturated rings. The third kappa shape index (κ3) is 6.81. The molecular weight excluding hydrogens is 765 g/mol. The molecule has 9 aromatic carbocycles. The number of fused-ring (bicyclic) bond motifs is 9. The van der Waals surface area contributed by atoms with Crippen molar-refractivity contribution < 1.29 is 4.42 Å². The highest BCUT2D eigenvalue weighted by atomic mass is 16.3. The van der Waals surface area contributed by atoms with Crippen LogP contribution in [0, 0.1) is 0 Å². The van der Waals surface area contributed by atoms with Crippen molar-refractivity contribution in [2.75, 3.05) is 0 Å². The first-order valence-corrected chi connectivity index (χ1v) is 21.7. The number of hydrogen-bond acceptors (Lipinski definition) is 1. The van der Waals surface area contributed by atoms with Crippen LogP contribution in [0.25, 0.3) is 110 Å². The van der Waals surface area contributed by atoms with Crippen molar-refractivity contribution in [1.29, 1.82) is 0 Å². The first kappa shape index (κ1) is 39.0. The molecule has 63 heavy (non-hydrogen) atoms. The van der Waals surface area contributed by atoms with Gasteiger partial charge in [0, 0.05) is 49.3 Å². The third-order valence-corrected chi connectivity index (χ3v) is 11.9. The van der Waals surface area contributed by atoms with Crippen LogP contribution in [0.4, 0.5) is 0 Å². The van der Waals surface area contributed by atoms with Crippen LogP contribution in [-0.2, 0) is 0 Å². The smallest absolute Gasteiger partial charge is 0.143 e. The Balaban J connectivity index is 0.000000746. The van der Waals surface area contributed by atoms with E-state index < -0.39 is 0 Å². The molecule has 0 radical (unpaired) electrons. The number of benzene rings is 9. The van der Waals surface area contributed by atoms with Crippen molar-refractivity contribution in [2.45, 2.75) is 13.8 Å². The Kier molecular flexibility index (Phi) is 10.4. The molecule has 3 heteroatoms. The highest BCUT2D eigenvalue weighted by Crippen LogP contribution is 2.40. The predicted octanol–water partition coefficient (Wildman–Crippen LogP) is 17.2. The summed E-state index contributed by atoms with van der Waals surface area (Å²) in [6.45, 7) is 10.7. The summed E-state index contributed by atoms with van der Waals surface area (Å²) >= 11 is 0. The van der Waals surface area contributed by atoms with Gasteiger partial charge >= 0.3 is 0 Å². The second-order valence-electron chi connectivity index (χ2n) is 15.4. The van der Waals surface area contributed by atoms with Gasteiger partial charge in [-0.15, -0.1) is 0 Å². The standard InChI is InChI=1S/C54H34N2O.C4H6.C2H6/c1-2-16-40(17-3-1)55-51-26-9-6-21-45(51)47-33-37(27-29-52(47)55)35-13-10-14-36(31-35)38-28-30-53-48(34-38)46-23-12-22-42(54(46)57-53)39-15-11-18-41(32-39)56-49-24-7-4-19-43(49)44-20-5-8-25-50(44)56;1-3-4-2;1-2/h1-34H;3-4H,1-2H2;1-2H3. The van der Waals surface area contributed by atoms with E-state index in [1.54, 1.807) is 12.2 Å². The largest absolute Gasteiger partial charge is 0.455 e. The number of nitrogens with zero attached hydrogens (tertiary/aromatic N) is 2. The van der Waals surface area contributed by atoms with Crippen molar-refractivity contribution in [1.82, 2.24) is 9.13 Å². The van der Waals surface area contributed by atoms with Crippen LogP contribution < -0.4 is 0 Å². The maximum absolute atomic E-state index is 6.69. The summed E-state index contributed by atoms with van der Waals surface area (Å²) < 4.78 is 11.4. The third-order valence-electron chi connectivity index (χ3n) is 11.9. The average Bonchev–Trinajstić information content (AvgIpc) is 4.02. The number of rotatable bonds is 6. The van der Waals surface area contributed by atoms with Gasteiger partial charge in [0.1, 0.15) is 11.2 Å². The fraction of sp³-hybridized carbons (Fsp3) is 0.0333. The molecule has 0 aliphatic carbocycles. The normalized spacial score (nSPS) is 11.1. The molecule has 0 unspecified atom stereocenters. The minimum atomic E-state index is 0.885. The molecule has 12 aromatic rings. The summed E-state index contributed by atoms with van der Waals surface area (Å²) in [7, 11) is 0. The molecule has 3 heterocycles. The molecule has 0 saturated heterocycles. The number of allylic oxidation sites excluding steroid dienone is 2. The lowest BCUT2D eigenvalue weighted by Crippen LogP contribution is -1.94. The average molecular weight is 811 g/mol. The van der Waals surface area contributed by atoms with E-state index in [0.717, 1.165) is 44.3 Å². The Morgan fingerprint density at radius 2 is 0.810 bits per heavy atom. The maximum atomic E-state index is 6.69. The molecule has 0 N–H and O–H groups in total. The fourth-order valence-corrected chi connectivity index (χ4v) is 9.10. The highest BCUT2D eigenvalue weighted by molar-refractivity contribution is 6.13. The summed E-state index contributed by atoms with van der Waals surface area (Å²) in [4.78, 5) is 0. The van der Waals surface area contributed by atoms with Crippen LogP contribution in [0.15, 0.2) is 236 Å². The van der Waals surface area contributed by atoms with E-state index in [1.165, 1.54) is 66.0 Å². The van der Waals surface area contributed by atoms with Crippen molar-refractivity contribution >= 4 is 65.6 Å². The summed E-state index contributed by atoms with van der Waals surface area (Å²) in [6, 6.07) is 74.3. The highest BCUT2D eigenvalue weighted by Gasteiger charge is 2.17. The Hall–Kier alpha value is -8.14. The summed E-state index contributed by atoms with van der Waals surface area (Å²) in [6.07, 6.45) is 3.28. The van der Waals surface area contributed by atoms with E-state index in [1.807, 2.05) is 13.8 Å². The molecule has 0 atom stereocenters. The van der Waals surface area contributed by atoms with E-state index in [2.05, 4.69) is 229 Å². The predicted molar refractivity (Wildman–Crippen MR) is 270 cm³/mol. The first-order valence-electron chi connectivity index (χ1n) is 21.7. The number of para-hydroxylation sites is 5. The second kappa shape index (κ2) is 16.7. The monoisotopic (exact) mass is 810 g/mol. The minimum absolute atomic E-state index is 0.885. The minimum Gasteiger partial charge on any atom is -0.455 e. The molecule has 0 spiro atoms. The van der Waals surface area contributed by atoms with Crippen molar-refractivity contribution in [3.8, 4) is 44.8 Å². The van der Waals surface area contributed by atoms with Gasteiger partial charge in [0.25, 0.3) is 0 Å². The lowest BCUT2D eigenvalue weighted by molar-refractivity contribution is 0.670. The molecule has 0 saturated carbocycles. The zero-order valence-corrected chi connectivity index (χ0v) is 35.5. The molecule has 0 bridgehead atoms. The molecule has 12 rings (SSSR count). The molecule has 3 aromatic heterocycles. The van der Waals surface area contributed by atoms with E-state index in [9.17, 15) is 0 Å². The van der Waals surface area contributed by atoms with Gasteiger partial charge in [0.2, 0.25) is 0 Å². The van der Waals surface area contributed by atoms with Crippen LogP contribution in [0.1, 0.15) is 13.8 Å². The van der Waals surface area contributed by atoms with Crippen LogP contribution in [-0.4, -0.2) is 9.13 Å². The van der Waals surface area contributed by atoms with Crippen molar-refractivity contribution in [2.24, 2.45) is 0 Å². The van der Waals surface area contributed by atoms with Crippen LogP contribution in [0.3, 0.4) is 0 Å². The molecular formula is C60H46N2O. The molecule has 3 nitrogen and oxygen atoms in total. The van der Waals surface area contributed by atoms with Gasteiger partial charge in [0.15, 0.2) is 0 Å². The van der Waals surface area contributed by atoms with Crippen LogP contribution in [0.2, 0.25) is 0 Å². The zero-order chi connectivity index (χ0) is 42.9. The Bertz CT molecular complexity index is 3580. The lowest BCUT2D eigenvalue weighted by Gasteiger charge is -2.10. The SMILES string of the molecule is C=CC=C.CC.c1ccc(-n2c3ccccc3c3cc(-c4cccc(-c5ccc6oc7c(-c8cccc(-n9c%10ccccc%10c%10ccccc%109)c8)cccc7c6c5)c4)ccc32)cc1. The van der Waals surface area contributed by atoms with E-state index >= 15 is 0 Å². The van der Waals surface area contributed by atoms with E-state index in [-0.39, 0.29) is 0 Å². The Labute approximate surface area is 367 Å². The number of aromatic nitrogens is 2. The van der Waals surface area contributed by atoms with Gasteiger partial charge < -0.3 is 13.6 Å². The van der Waals surface area contributed by atoms with Gasteiger partial charge in [-0.1, -0.05) is 173 Å². The van der Waals surface area contributed by atoms with Gasteiger partial charge in [-0.25, -0.2) is 0 Å². The molecule has 302 valence electrons. The summed E-state index contributed by atoms with van der Waals surface area (Å²) in [5, 5.41) is 7.25. The molecule has 0 amide bonds. The molecule has 0 aliphatic heterocycles. The van der Waals surface area contributed by atoms with Crippen molar-refractivity contribution in [3.05, 3.63) is 232 Å². The van der Waals surface area contributed by atoms with Crippen LogP contribution >= 0.6 is 0 Å². The number of furan rings is 1. The van der Waals surface area contributed by atoms with E-state index in [0.29, 0.717) is 0 Å². The van der Waals surface area contributed by atoms with Crippen molar-refractivity contribution in [3.63, 3.8) is 0 Å². The second-order valence-corrected chi connectivity index (χ2v) is 15.4. The number of hydrogen-bond donors (Lipinski definition) is 0. The summed E-state index contributed by atoms with van der Waals surface area (Å²) in [5.41, 5.74) is 15.8. The topological polar surface area (TPSA) is 23.0 Å². The lowest BCUT2D eigenvalue weighted by atomic mass is 9.96. The van der Waals surface area contributed by atoms with Gasteiger partial charge in [-0.3, -0.25) is 0 Å².